The van der Waals surface area contributed by atoms with Gasteiger partial charge in [-0.3, -0.25) is 9.69 Å². The van der Waals surface area contributed by atoms with Gasteiger partial charge >= 0.3 is 0 Å². The van der Waals surface area contributed by atoms with Crippen LogP contribution in [0, 0.1) is 6.92 Å². The number of amides is 1. The third kappa shape index (κ3) is 3.91. The molecule has 6 nitrogen and oxygen atoms in total. The molecule has 0 N–H and O–H groups in total. The number of piperidine rings is 1. The molecule has 0 unspecified atom stereocenters. The van der Waals surface area contributed by atoms with Crippen molar-refractivity contribution in [2.75, 3.05) is 33.4 Å². The monoisotopic (exact) mass is 410 g/mol. The molecule has 1 aromatic heterocycles. The maximum Gasteiger partial charge on any atom is 0.248 e. The zero-order chi connectivity index (χ0) is 21.3. The summed E-state index contributed by atoms with van der Waals surface area (Å²) in [6, 6.07) is 11.0. The summed E-state index contributed by atoms with van der Waals surface area (Å²) in [4.78, 5) is 22.4. The minimum Gasteiger partial charge on any atom is -0.375 e. The number of carbonyl (C=O) groups is 1. The number of aryl methyl sites for hydroxylation is 1. The molecule has 1 saturated heterocycles. The molecule has 1 fully saturated rings. The average molecular weight is 411 g/mol. The number of nitrogens with zero attached hydrogens (tertiary/aromatic N) is 4. The molecule has 0 bridgehead atoms. The highest BCUT2D eigenvalue weighted by molar-refractivity contribution is 5.78. The smallest absolute Gasteiger partial charge is 0.248 e. The summed E-state index contributed by atoms with van der Waals surface area (Å²) < 4.78 is 7.48. The van der Waals surface area contributed by atoms with Crippen molar-refractivity contribution in [1.29, 1.82) is 0 Å². The number of likely N-dealkylation sites (tertiary alicyclic amines) is 1. The Kier molecular flexibility index (Phi) is 5.98. The van der Waals surface area contributed by atoms with Crippen LogP contribution in [0.25, 0.3) is 0 Å². The Morgan fingerprint density at radius 2 is 1.90 bits per heavy atom. The number of fused-ring (bicyclic) bond motifs is 2. The van der Waals surface area contributed by atoms with Gasteiger partial charge < -0.3 is 14.2 Å². The SMILES string of the molecule is COCC(=O)N1Cc2c(nc(C)n2C(C)C)C2(CCN(Cc3ccccc3)CC2)C1. The van der Waals surface area contributed by atoms with Crippen LogP contribution in [0.2, 0.25) is 0 Å². The number of ether oxygens (including phenoxy) is 1. The number of hydrogen-bond donors (Lipinski definition) is 0. The van der Waals surface area contributed by atoms with Gasteiger partial charge in [-0.1, -0.05) is 30.3 Å². The molecule has 3 heterocycles. The summed E-state index contributed by atoms with van der Waals surface area (Å²) in [5, 5.41) is 0. The molecule has 1 spiro atoms. The maximum atomic E-state index is 12.8. The number of methoxy groups -OCH3 is 1. The third-order valence-electron chi connectivity index (χ3n) is 6.72. The van der Waals surface area contributed by atoms with E-state index in [2.05, 4.69) is 60.6 Å². The summed E-state index contributed by atoms with van der Waals surface area (Å²) in [7, 11) is 1.59. The van der Waals surface area contributed by atoms with E-state index in [1.54, 1.807) is 7.11 Å². The molecule has 2 aromatic rings. The molecule has 6 heteroatoms. The molecule has 162 valence electrons. The van der Waals surface area contributed by atoms with Gasteiger partial charge in [-0.05, 0) is 52.3 Å². The van der Waals surface area contributed by atoms with E-state index in [1.165, 1.54) is 17.0 Å². The number of rotatable bonds is 5. The van der Waals surface area contributed by atoms with Crippen molar-refractivity contribution in [3.05, 3.63) is 53.1 Å². The number of benzene rings is 1. The van der Waals surface area contributed by atoms with E-state index in [9.17, 15) is 4.79 Å². The van der Waals surface area contributed by atoms with E-state index in [1.807, 2.05) is 4.90 Å². The first kappa shape index (κ1) is 21.1. The van der Waals surface area contributed by atoms with Crippen LogP contribution in [0.3, 0.4) is 0 Å². The standard InChI is InChI=1S/C24H34N4O2/c1-18(2)28-19(3)25-23-21(28)15-27(22(29)16-30-4)17-24(23)10-12-26(13-11-24)14-20-8-6-5-7-9-20/h5-9,18H,10-17H2,1-4H3. The normalized spacial score (nSPS) is 18.8. The van der Waals surface area contributed by atoms with Crippen LogP contribution in [0.4, 0.5) is 0 Å². The fourth-order valence-corrected chi connectivity index (χ4v) is 5.29. The lowest BCUT2D eigenvalue weighted by molar-refractivity contribution is -0.138. The first-order chi connectivity index (χ1) is 14.4. The van der Waals surface area contributed by atoms with Crippen LogP contribution in [0.5, 0.6) is 0 Å². The van der Waals surface area contributed by atoms with Crippen molar-refractivity contribution in [2.24, 2.45) is 0 Å². The van der Waals surface area contributed by atoms with Crippen molar-refractivity contribution in [3.63, 3.8) is 0 Å². The van der Waals surface area contributed by atoms with Crippen LogP contribution < -0.4 is 0 Å². The summed E-state index contributed by atoms with van der Waals surface area (Å²) in [5.74, 6) is 1.13. The predicted molar refractivity (Wildman–Crippen MR) is 117 cm³/mol. The van der Waals surface area contributed by atoms with Gasteiger partial charge in [-0.25, -0.2) is 4.98 Å². The highest BCUT2D eigenvalue weighted by Gasteiger charge is 2.46. The van der Waals surface area contributed by atoms with Crippen molar-refractivity contribution >= 4 is 5.91 Å². The van der Waals surface area contributed by atoms with Crippen LogP contribution in [-0.2, 0) is 28.0 Å². The van der Waals surface area contributed by atoms with Crippen molar-refractivity contribution in [1.82, 2.24) is 19.4 Å². The van der Waals surface area contributed by atoms with Gasteiger partial charge in [0, 0.05) is 31.7 Å². The summed E-state index contributed by atoms with van der Waals surface area (Å²) in [5.41, 5.74) is 3.74. The molecule has 2 aliphatic rings. The van der Waals surface area contributed by atoms with Gasteiger partial charge in [0.15, 0.2) is 0 Å². The van der Waals surface area contributed by atoms with Gasteiger partial charge in [0.25, 0.3) is 0 Å². The molecule has 0 atom stereocenters. The third-order valence-corrected chi connectivity index (χ3v) is 6.72. The van der Waals surface area contributed by atoms with Crippen LogP contribution >= 0.6 is 0 Å². The van der Waals surface area contributed by atoms with Crippen LogP contribution in [0.1, 0.15) is 55.5 Å². The highest BCUT2D eigenvalue weighted by Crippen LogP contribution is 2.42. The second-order valence-electron chi connectivity index (χ2n) is 9.14. The van der Waals surface area contributed by atoms with Crippen molar-refractivity contribution < 1.29 is 9.53 Å². The Bertz CT molecular complexity index is 882. The highest BCUT2D eigenvalue weighted by atomic mass is 16.5. The lowest BCUT2D eigenvalue weighted by Gasteiger charge is -2.47. The van der Waals surface area contributed by atoms with Gasteiger partial charge in [0.05, 0.1) is 17.9 Å². The number of hydrogen-bond acceptors (Lipinski definition) is 4. The van der Waals surface area contributed by atoms with E-state index in [0.29, 0.717) is 12.6 Å². The minimum absolute atomic E-state index is 0.0604. The number of aromatic nitrogens is 2. The topological polar surface area (TPSA) is 50.6 Å². The lowest BCUT2D eigenvalue weighted by atomic mass is 9.72. The fraction of sp³-hybridized carbons (Fsp3) is 0.583. The molecule has 1 amide bonds. The Labute approximate surface area is 179 Å². The van der Waals surface area contributed by atoms with E-state index in [0.717, 1.165) is 44.8 Å². The molecule has 0 radical (unpaired) electrons. The minimum atomic E-state index is -0.0604. The predicted octanol–water partition coefficient (Wildman–Crippen LogP) is 3.29. The van der Waals surface area contributed by atoms with E-state index in [-0.39, 0.29) is 17.9 Å². The Morgan fingerprint density at radius 1 is 1.20 bits per heavy atom. The van der Waals surface area contributed by atoms with Crippen LogP contribution in [0.15, 0.2) is 30.3 Å². The maximum absolute atomic E-state index is 12.8. The molecular weight excluding hydrogens is 376 g/mol. The van der Waals surface area contributed by atoms with Gasteiger partial charge in [0.2, 0.25) is 5.91 Å². The van der Waals surface area contributed by atoms with Crippen LogP contribution in [-0.4, -0.2) is 58.6 Å². The van der Waals surface area contributed by atoms with Gasteiger partial charge in [0.1, 0.15) is 12.4 Å². The lowest BCUT2D eigenvalue weighted by Crippen LogP contribution is -2.54. The number of imidazole rings is 1. The molecule has 1 aromatic carbocycles. The summed E-state index contributed by atoms with van der Waals surface area (Å²) >= 11 is 0. The fourth-order valence-electron chi connectivity index (χ4n) is 5.29. The molecule has 2 aliphatic heterocycles. The molecule has 0 aliphatic carbocycles. The second kappa shape index (κ2) is 8.52. The Balaban J connectivity index is 1.60. The van der Waals surface area contributed by atoms with Crippen molar-refractivity contribution in [3.8, 4) is 0 Å². The molecule has 4 rings (SSSR count). The number of carbonyl (C=O) groups excluding carboxylic acids is 1. The van der Waals surface area contributed by atoms with Gasteiger partial charge in [-0.2, -0.15) is 0 Å². The molecule has 0 saturated carbocycles. The second-order valence-corrected chi connectivity index (χ2v) is 9.14. The van der Waals surface area contributed by atoms with Crippen molar-refractivity contribution in [2.45, 2.75) is 58.2 Å². The summed E-state index contributed by atoms with van der Waals surface area (Å²) in [6.07, 6.45) is 2.05. The zero-order valence-electron chi connectivity index (χ0n) is 18.7. The summed E-state index contributed by atoms with van der Waals surface area (Å²) in [6.45, 7) is 11.0. The molecular formula is C24H34N4O2. The van der Waals surface area contributed by atoms with Gasteiger partial charge in [-0.15, -0.1) is 0 Å². The zero-order valence-corrected chi connectivity index (χ0v) is 18.7. The first-order valence-electron chi connectivity index (χ1n) is 11.0. The largest absolute Gasteiger partial charge is 0.375 e. The van der Waals surface area contributed by atoms with E-state index in [4.69, 9.17) is 9.72 Å². The quantitative estimate of drug-likeness (QED) is 0.759. The van der Waals surface area contributed by atoms with E-state index >= 15 is 0 Å². The Morgan fingerprint density at radius 3 is 2.53 bits per heavy atom. The first-order valence-corrected chi connectivity index (χ1v) is 11.0. The Hall–Kier alpha value is -2.18. The van der Waals surface area contributed by atoms with E-state index < -0.39 is 0 Å². The average Bonchev–Trinajstić information content (AvgIpc) is 3.08. The molecule has 30 heavy (non-hydrogen) atoms.